The molecule has 30 heavy (non-hydrogen) atoms. The maximum Gasteiger partial charge on any atom is 0.408 e. The number of rotatable bonds is 3. The van der Waals surface area contributed by atoms with Gasteiger partial charge in [-0.15, -0.1) is 0 Å². The predicted molar refractivity (Wildman–Crippen MR) is 115 cm³/mol. The Morgan fingerprint density at radius 3 is 2.57 bits per heavy atom. The Labute approximate surface area is 180 Å². The number of aromatic amines is 1. The molecular formula is C21H27ClN4O4. The average molecular weight is 435 g/mol. The van der Waals surface area contributed by atoms with Crippen LogP contribution in [0.2, 0.25) is 5.02 Å². The SMILES string of the molecule is CC(=O)N1CC[C@H](NC(=O)c2cc3cc(Cl)ccc3[nH]2)[C@H](N(C(=O)O)C(C)(C)C)C1. The van der Waals surface area contributed by atoms with Gasteiger partial charge in [0, 0.05) is 41.5 Å². The molecule has 8 nitrogen and oxygen atoms in total. The van der Waals surface area contributed by atoms with E-state index in [1.54, 1.807) is 49.9 Å². The Morgan fingerprint density at radius 1 is 1.27 bits per heavy atom. The number of hydrogen-bond donors (Lipinski definition) is 3. The van der Waals surface area contributed by atoms with E-state index in [1.165, 1.54) is 11.8 Å². The number of fused-ring (bicyclic) bond motifs is 1. The molecule has 1 aromatic carbocycles. The van der Waals surface area contributed by atoms with Crippen molar-refractivity contribution in [1.29, 1.82) is 0 Å². The van der Waals surface area contributed by atoms with Crippen LogP contribution in [0.5, 0.6) is 0 Å². The van der Waals surface area contributed by atoms with Crippen molar-refractivity contribution in [2.75, 3.05) is 13.1 Å². The number of halogens is 1. The average Bonchev–Trinajstić information content (AvgIpc) is 3.04. The number of H-pyrrole nitrogens is 1. The van der Waals surface area contributed by atoms with E-state index in [0.29, 0.717) is 23.7 Å². The number of carbonyl (C=O) groups excluding carboxylic acids is 2. The van der Waals surface area contributed by atoms with Crippen LogP contribution in [-0.4, -0.2) is 68.5 Å². The molecule has 0 radical (unpaired) electrons. The fourth-order valence-electron chi connectivity index (χ4n) is 4.05. The second-order valence-electron chi connectivity index (χ2n) is 8.64. The number of carboxylic acid groups (broad SMARTS) is 1. The molecule has 1 fully saturated rings. The molecule has 9 heteroatoms. The number of nitrogens with one attached hydrogen (secondary N) is 2. The van der Waals surface area contributed by atoms with Crippen LogP contribution in [0.15, 0.2) is 24.3 Å². The van der Waals surface area contributed by atoms with Crippen LogP contribution in [0.1, 0.15) is 44.6 Å². The van der Waals surface area contributed by atoms with E-state index in [-0.39, 0.29) is 18.4 Å². The number of carbonyl (C=O) groups is 3. The van der Waals surface area contributed by atoms with Gasteiger partial charge in [0.15, 0.2) is 0 Å². The third kappa shape index (κ3) is 4.53. The molecule has 162 valence electrons. The molecule has 0 bridgehead atoms. The van der Waals surface area contributed by atoms with Crippen molar-refractivity contribution in [2.24, 2.45) is 0 Å². The number of hydrogen-bond acceptors (Lipinski definition) is 3. The van der Waals surface area contributed by atoms with Crippen LogP contribution in [0.25, 0.3) is 10.9 Å². The summed E-state index contributed by atoms with van der Waals surface area (Å²) in [6, 6.07) is 6.03. The summed E-state index contributed by atoms with van der Waals surface area (Å²) in [5, 5.41) is 14.2. The predicted octanol–water partition coefficient (Wildman–Crippen LogP) is 3.32. The highest BCUT2D eigenvalue weighted by Crippen LogP contribution is 2.26. The Kier molecular flexibility index (Phi) is 5.99. The maximum absolute atomic E-state index is 12.9. The van der Waals surface area contributed by atoms with Gasteiger partial charge in [-0.05, 0) is 51.5 Å². The third-order valence-corrected chi connectivity index (χ3v) is 5.67. The molecule has 2 aromatic rings. The van der Waals surface area contributed by atoms with Crippen molar-refractivity contribution >= 4 is 40.4 Å². The van der Waals surface area contributed by atoms with Crippen molar-refractivity contribution in [1.82, 2.24) is 20.1 Å². The second-order valence-corrected chi connectivity index (χ2v) is 9.08. The number of amides is 3. The highest BCUT2D eigenvalue weighted by Gasteiger charge is 2.42. The molecule has 1 saturated heterocycles. The minimum atomic E-state index is -1.09. The summed E-state index contributed by atoms with van der Waals surface area (Å²) in [5.41, 5.74) is 0.462. The van der Waals surface area contributed by atoms with E-state index >= 15 is 0 Å². The zero-order chi connectivity index (χ0) is 22.2. The number of aromatic nitrogens is 1. The zero-order valence-corrected chi connectivity index (χ0v) is 18.3. The molecule has 3 amide bonds. The van der Waals surface area contributed by atoms with E-state index in [2.05, 4.69) is 10.3 Å². The van der Waals surface area contributed by atoms with E-state index in [9.17, 15) is 19.5 Å². The normalized spacial score (nSPS) is 19.6. The molecule has 0 aliphatic carbocycles. The summed E-state index contributed by atoms with van der Waals surface area (Å²) in [7, 11) is 0. The van der Waals surface area contributed by atoms with Crippen LogP contribution >= 0.6 is 11.6 Å². The van der Waals surface area contributed by atoms with Crippen molar-refractivity contribution in [3.05, 3.63) is 35.0 Å². The molecule has 1 aromatic heterocycles. The minimum Gasteiger partial charge on any atom is -0.465 e. The van der Waals surface area contributed by atoms with Crippen molar-refractivity contribution in [3.63, 3.8) is 0 Å². The Hall–Kier alpha value is -2.74. The fraction of sp³-hybridized carbons (Fsp3) is 0.476. The van der Waals surface area contributed by atoms with Crippen LogP contribution in [0, 0.1) is 0 Å². The largest absolute Gasteiger partial charge is 0.465 e. The van der Waals surface area contributed by atoms with E-state index in [1.807, 2.05) is 0 Å². The summed E-state index contributed by atoms with van der Waals surface area (Å²) in [5.74, 6) is -0.440. The van der Waals surface area contributed by atoms with Gasteiger partial charge in [0.1, 0.15) is 5.69 Å². The molecule has 3 rings (SSSR count). The van der Waals surface area contributed by atoms with Gasteiger partial charge in [-0.2, -0.15) is 0 Å². The summed E-state index contributed by atoms with van der Waals surface area (Å²) in [4.78, 5) is 43.0. The van der Waals surface area contributed by atoms with Gasteiger partial charge >= 0.3 is 6.09 Å². The lowest BCUT2D eigenvalue weighted by Crippen LogP contribution is -2.65. The second kappa shape index (κ2) is 8.18. The van der Waals surface area contributed by atoms with Gasteiger partial charge in [0.05, 0.1) is 12.1 Å². The molecule has 3 N–H and O–H groups in total. The first-order valence-corrected chi connectivity index (χ1v) is 10.2. The van der Waals surface area contributed by atoms with Crippen molar-refractivity contribution in [3.8, 4) is 0 Å². The number of nitrogens with zero attached hydrogens (tertiary/aromatic N) is 2. The third-order valence-electron chi connectivity index (χ3n) is 5.43. The molecule has 0 spiro atoms. The number of likely N-dealkylation sites (tertiary alicyclic amines) is 1. The molecule has 2 heterocycles. The standard InChI is InChI=1S/C21H27ClN4O4/c1-12(27)25-8-7-16(18(11-25)26(20(29)30)21(2,3)4)24-19(28)17-10-13-9-14(22)5-6-15(13)23-17/h5-6,9-10,16,18,23H,7-8,11H2,1-4H3,(H,24,28)(H,29,30)/t16-,18+/m0/s1. The number of benzene rings is 1. The molecular weight excluding hydrogens is 408 g/mol. The van der Waals surface area contributed by atoms with Crippen LogP contribution in [0.4, 0.5) is 4.79 Å². The Balaban J connectivity index is 1.87. The Bertz CT molecular complexity index is 981. The van der Waals surface area contributed by atoms with Gasteiger partial charge in [0.25, 0.3) is 5.91 Å². The van der Waals surface area contributed by atoms with Gasteiger partial charge in [-0.25, -0.2) is 4.79 Å². The lowest BCUT2D eigenvalue weighted by Gasteiger charge is -2.47. The van der Waals surface area contributed by atoms with Crippen LogP contribution in [-0.2, 0) is 4.79 Å². The Morgan fingerprint density at radius 2 is 1.97 bits per heavy atom. The zero-order valence-electron chi connectivity index (χ0n) is 17.5. The summed E-state index contributed by atoms with van der Waals surface area (Å²) in [6.45, 7) is 7.55. The van der Waals surface area contributed by atoms with E-state index in [4.69, 9.17) is 11.6 Å². The number of piperidine rings is 1. The lowest BCUT2D eigenvalue weighted by molar-refractivity contribution is -0.131. The van der Waals surface area contributed by atoms with Crippen LogP contribution < -0.4 is 5.32 Å². The summed E-state index contributed by atoms with van der Waals surface area (Å²) in [6.07, 6.45) is -0.626. The van der Waals surface area contributed by atoms with Gasteiger partial charge in [-0.1, -0.05) is 11.6 Å². The quantitative estimate of drug-likeness (QED) is 0.688. The van der Waals surface area contributed by atoms with E-state index in [0.717, 1.165) is 10.9 Å². The van der Waals surface area contributed by atoms with Crippen LogP contribution in [0.3, 0.4) is 0 Å². The molecule has 1 aliphatic rings. The van der Waals surface area contributed by atoms with Gasteiger partial charge < -0.3 is 20.3 Å². The van der Waals surface area contributed by atoms with Gasteiger partial charge in [-0.3, -0.25) is 14.5 Å². The smallest absolute Gasteiger partial charge is 0.408 e. The maximum atomic E-state index is 12.9. The minimum absolute atomic E-state index is 0.114. The molecule has 0 saturated carbocycles. The summed E-state index contributed by atoms with van der Waals surface area (Å²) >= 11 is 6.02. The van der Waals surface area contributed by atoms with E-state index < -0.39 is 23.7 Å². The first kappa shape index (κ1) is 22.0. The van der Waals surface area contributed by atoms with Gasteiger partial charge in [0.2, 0.25) is 5.91 Å². The van der Waals surface area contributed by atoms with Crippen molar-refractivity contribution < 1.29 is 19.5 Å². The highest BCUT2D eigenvalue weighted by atomic mass is 35.5. The molecule has 2 atom stereocenters. The monoisotopic (exact) mass is 434 g/mol. The molecule has 0 unspecified atom stereocenters. The topological polar surface area (TPSA) is 106 Å². The van der Waals surface area contributed by atoms with Crippen molar-refractivity contribution in [2.45, 2.75) is 51.7 Å². The summed E-state index contributed by atoms with van der Waals surface area (Å²) < 4.78 is 0. The highest BCUT2D eigenvalue weighted by molar-refractivity contribution is 6.31. The molecule has 1 aliphatic heterocycles. The first-order valence-electron chi connectivity index (χ1n) is 9.84. The fourth-order valence-corrected chi connectivity index (χ4v) is 4.23. The first-order chi connectivity index (χ1) is 14.0. The lowest BCUT2D eigenvalue weighted by atomic mass is 9.93.